The summed E-state index contributed by atoms with van der Waals surface area (Å²) in [6.45, 7) is 5.51. The highest BCUT2D eigenvalue weighted by atomic mass is 16.5. The van der Waals surface area contributed by atoms with E-state index in [0.29, 0.717) is 6.73 Å². The van der Waals surface area contributed by atoms with Crippen molar-refractivity contribution >= 4 is 0 Å². The highest BCUT2D eigenvalue weighted by Crippen LogP contribution is 2.33. The molecule has 0 aliphatic rings. The molecule has 0 fully saturated rings. The van der Waals surface area contributed by atoms with Gasteiger partial charge in [0.1, 0.15) is 11.5 Å². The van der Waals surface area contributed by atoms with E-state index in [0.717, 1.165) is 41.2 Å². The maximum Gasteiger partial charge on any atom is 0.125 e. The van der Waals surface area contributed by atoms with Gasteiger partial charge in [-0.3, -0.25) is 5.32 Å². The zero-order valence-electron chi connectivity index (χ0n) is 11.9. The molecule has 0 atom stereocenters. The first-order chi connectivity index (χ1) is 8.65. The van der Waals surface area contributed by atoms with Crippen LogP contribution in [0.15, 0.2) is 6.07 Å². The second-order valence-electron chi connectivity index (χ2n) is 4.20. The molecular formula is C14H23NO3. The van der Waals surface area contributed by atoms with E-state index in [9.17, 15) is 0 Å². The molecule has 1 aromatic rings. The molecule has 0 unspecified atom stereocenters. The Morgan fingerprint density at radius 2 is 1.78 bits per heavy atom. The lowest BCUT2D eigenvalue weighted by Crippen LogP contribution is -2.20. The van der Waals surface area contributed by atoms with Crippen LogP contribution >= 0.6 is 0 Å². The minimum Gasteiger partial charge on any atom is -0.496 e. The molecule has 0 aliphatic heterocycles. The molecule has 0 saturated carbocycles. The quantitative estimate of drug-likeness (QED) is 0.596. The van der Waals surface area contributed by atoms with Gasteiger partial charge in [0.2, 0.25) is 0 Å². The summed E-state index contributed by atoms with van der Waals surface area (Å²) in [5.41, 5.74) is 3.42. The van der Waals surface area contributed by atoms with E-state index in [-0.39, 0.29) is 0 Å². The van der Waals surface area contributed by atoms with Gasteiger partial charge in [-0.25, -0.2) is 0 Å². The molecule has 0 heterocycles. The van der Waals surface area contributed by atoms with E-state index in [1.54, 1.807) is 21.3 Å². The summed E-state index contributed by atoms with van der Waals surface area (Å²) in [7, 11) is 5.08. The highest BCUT2D eigenvalue weighted by molar-refractivity contribution is 5.52. The highest BCUT2D eigenvalue weighted by Gasteiger charge is 2.13. The second kappa shape index (κ2) is 7.24. The Labute approximate surface area is 109 Å². The molecule has 102 valence electrons. The average Bonchev–Trinajstić information content (AvgIpc) is 2.38. The van der Waals surface area contributed by atoms with E-state index in [4.69, 9.17) is 14.2 Å². The van der Waals surface area contributed by atoms with Gasteiger partial charge in [-0.2, -0.15) is 0 Å². The van der Waals surface area contributed by atoms with Gasteiger partial charge in [0.15, 0.2) is 0 Å². The van der Waals surface area contributed by atoms with Gasteiger partial charge in [-0.15, -0.1) is 0 Å². The Morgan fingerprint density at radius 1 is 1.06 bits per heavy atom. The summed E-state index contributed by atoms with van der Waals surface area (Å²) in [6.07, 6.45) is 0.879. The van der Waals surface area contributed by atoms with Gasteiger partial charge in [-0.05, 0) is 43.0 Å². The molecule has 18 heavy (non-hydrogen) atoms. The maximum atomic E-state index is 5.50. The minimum atomic E-state index is 0.560. The predicted octanol–water partition coefficient (Wildman–Crippen LogP) is 2.06. The number of ether oxygens (including phenoxy) is 3. The van der Waals surface area contributed by atoms with E-state index >= 15 is 0 Å². The van der Waals surface area contributed by atoms with Gasteiger partial charge in [-0.1, -0.05) is 0 Å². The summed E-state index contributed by atoms with van der Waals surface area (Å²) in [5.74, 6) is 1.86. The molecule has 1 N–H and O–H groups in total. The van der Waals surface area contributed by atoms with E-state index in [1.165, 1.54) is 0 Å². The van der Waals surface area contributed by atoms with Crippen molar-refractivity contribution in [1.29, 1.82) is 0 Å². The van der Waals surface area contributed by atoms with Crippen LogP contribution in [0.4, 0.5) is 0 Å². The van der Waals surface area contributed by atoms with Gasteiger partial charge in [0.05, 0.1) is 21.0 Å². The van der Waals surface area contributed by atoms with Crippen LogP contribution in [0, 0.1) is 13.8 Å². The average molecular weight is 253 g/mol. The summed E-state index contributed by atoms with van der Waals surface area (Å²) in [4.78, 5) is 0. The normalized spacial score (nSPS) is 10.5. The molecule has 0 bridgehead atoms. The van der Waals surface area contributed by atoms with Crippen LogP contribution < -0.4 is 14.8 Å². The van der Waals surface area contributed by atoms with E-state index in [1.807, 2.05) is 6.92 Å². The van der Waals surface area contributed by atoms with Gasteiger partial charge >= 0.3 is 0 Å². The third-order valence-electron chi connectivity index (χ3n) is 3.11. The van der Waals surface area contributed by atoms with Gasteiger partial charge in [0.25, 0.3) is 0 Å². The monoisotopic (exact) mass is 253 g/mol. The lowest BCUT2D eigenvalue weighted by atomic mass is 10.0. The predicted molar refractivity (Wildman–Crippen MR) is 72.6 cm³/mol. The van der Waals surface area contributed by atoms with Gasteiger partial charge in [0, 0.05) is 13.7 Å². The minimum absolute atomic E-state index is 0.560. The van der Waals surface area contributed by atoms with Crippen molar-refractivity contribution in [2.24, 2.45) is 0 Å². The van der Waals surface area contributed by atoms with Crippen molar-refractivity contribution in [3.63, 3.8) is 0 Å². The molecule has 1 aromatic carbocycles. The number of nitrogens with one attached hydrogen (secondary N) is 1. The van der Waals surface area contributed by atoms with Crippen molar-refractivity contribution in [3.05, 3.63) is 22.8 Å². The Balaban J connectivity index is 2.91. The van der Waals surface area contributed by atoms with Gasteiger partial charge < -0.3 is 14.2 Å². The van der Waals surface area contributed by atoms with Crippen LogP contribution in [0.5, 0.6) is 11.5 Å². The Bertz CT molecular complexity index is 391. The number of hydrogen-bond donors (Lipinski definition) is 1. The van der Waals surface area contributed by atoms with E-state index in [2.05, 4.69) is 18.3 Å². The SMILES string of the molecule is COCNCCc1cc(OC)c(C)c(C)c1OC. The van der Waals surface area contributed by atoms with Crippen molar-refractivity contribution in [1.82, 2.24) is 5.32 Å². The largest absolute Gasteiger partial charge is 0.496 e. The Hall–Kier alpha value is -1.26. The summed E-state index contributed by atoms with van der Waals surface area (Å²) in [6, 6.07) is 2.05. The molecule has 0 aliphatic carbocycles. The standard InChI is InChI=1S/C14H23NO3/c1-10-11(2)14(18-5)12(8-13(10)17-4)6-7-15-9-16-3/h8,15H,6-7,9H2,1-5H3. The lowest BCUT2D eigenvalue weighted by Gasteiger charge is -2.17. The molecule has 0 saturated heterocycles. The first-order valence-corrected chi connectivity index (χ1v) is 6.06. The van der Waals surface area contributed by atoms with Crippen molar-refractivity contribution in [2.75, 3.05) is 34.6 Å². The molecule has 0 spiro atoms. The summed E-state index contributed by atoms with van der Waals surface area (Å²) < 4.78 is 15.8. The fourth-order valence-corrected chi connectivity index (χ4v) is 2.01. The third kappa shape index (κ3) is 3.37. The summed E-state index contributed by atoms with van der Waals surface area (Å²) in [5, 5.41) is 3.19. The smallest absolute Gasteiger partial charge is 0.125 e. The van der Waals surface area contributed by atoms with Crippen LogP contribution in [-0.2, 0) is 11.2 Å². The molecular weight excluding hydrogens is 230 g/mol. The first-order valence-electron chi connectivity index (χ1n) is 6.06. The number of benzene rings is 1. The number of hydrogen-bond acceptors (Lipinski definition) is 4. The number of rotatable bonds is 7. The number of methoxy groups -OCH3 is 3. The van der Waals surface area contributed by atoms with Crippen LogP contribution in [0.2, 0.25) is 0 Å². The van der Waals surface area contributed by atoms with Crippen LogP contribution in [0.1, 0.15) is 16.7 Å². The molecule has 4 nitrogen and oxygen atoms in total. The zero-order valence-corrected chi connectivity index (χ0v) is 11.9. The van der Waals surface area contributed by atoms with Crippen molar-refractivity contribution in [2.45, 2.75) is 20.3 Å². The molecule has 4 heteroatoms. The van der Waals surface area contributed by atoms with E-state index < -0.39 is 0 Å². The van der Waals surface area contributed by atoms with Crippen LogP contribution in [-0.4, -0.2) is 34.6 Å². The van der Waals surface area contributed by atoms with Crippen LogP contribution in [0.3, 0.4) is 0 Å². The molecule has 0 amide bonds. The zero-order chi connectivity index (χ0) is 13.5. The van der Waals surface area contributed by atoms with Crippen LogP contribution in [0.25, 0.3) is 0 Å². The second-order valence-corrected chi connectivity index (χ2v) is 4.20. The topological polar surface area (TPSA) is 39.7 Å². The lowest BCUT2D eigenvalue weighted by molar-refractivity contribution is 0.176. The molecule has 0 radical (unpaired) electrons. The Kier molecular flexibility index (Phi) is 5.95. The van der Waals surface area contributed by atoms with Crippen molar-refractivity contribution < 1.29 is 14.2 Å². The summed E-state index contributed by atoms with van der Waals surface area (Å²) >= 11 is 0. The molecule has 0 aromatic heterocycles. The van der Waals surface area contributed by atoms with Crippen molar-refractivity contribution in [3.8, 4) is 11.5 Å². The third-order valence-corrected chi connectivity index (χ3v) is 3.11. The molecule has 1 rings (SSSR count). The first kappa shape index (κ1) is 14.8. The fourth-order valence-electron chi connectivity index (χ4n) is 2.01. The fraction of sp³-hybridized carbons (Fsp3) is 0.571. The Morgan fingerprint density at radius 3 is 2.33 bits per heavy atom. The maximum absolute atomic E-state index is 5.50.